The monoisotopic (exact) mass is 577 g/mol. The summed E-state index contributed by atoms with van der Waals surface area (Å²) in [5, 5.41) is 1.43. The molecule has 2 aromatic heterocycles. The molecule has 4 aromatic rings. The summed E-state index contributed by atoms with van der Waals surface area (Å²) in [4.78, 5) is 18.8. The summed E-state index contributed by atoms with van der Waals surface area (Å²) in [5.74, 6) is 0.603. The minimum Gasteiger partial charge on any atom is -0.490 e. The number of hydrogen-bond acceptors (Lipinski definition) is 7. The van der Waals surface area contributed by atoms with E-state index < -0.39 is 16.1 Å². The van der Waals surface area contributed by atoms with Gasteiger partial charge in [-0.15, -0.1) is 0 Å². The zero-order chi connectivity index (χ0) is 28.7. The fraction of sp³-hybridized carbons (Fsp3) is 0.419. The van der Waals surface area contributed by atoms with Crippen LogP contribution in [0.5, 0.6) is 5.75 Å². The normalized spacial score (nSPS) is 17.7. The molecule has 0 saturated carbocycles. The Morgan fingerprint density at radius 2 is 1.83 bits per heavy atom. The minimum absolute atomic E-state index is 0.133. The number of aromatic nitrogens is 1. The molecule has 2 aliphatic heterocycles. The third-order valence-electron chi connectivity index (χ3n) is 8.31. The molecule has 6 rings (SSSR count). The van der Waals surface area contributed by atoms with Crippen LogP contribution in [0.25, 0.3) is 33.3 Å². The number of furan rings is 1. The van der Waals surface area contributed by atoms with Crippen LogP contribution in [0.15, 0.2) is 46.9 Å². The van der Waals surface area contributed by atoms with Crippen LogP contribution < -0.4 is 9.46 Å². The van der Waals surface area contributed by atoms with Crippen molar-refractivity contribution in [2.45, 2.75) is 52.6 Å². The van der Waals surface area contributed by atoms with Crippen molar-refractivity contribution in [2.75, 3.05) is 26.3 Å². The lowest BCUT2D eigenvalue weighted by molar-refractivity contribution is 0.0243. The quantitative estimate of drug-likeness (QED) is 0.308. The second kappa shape index (κ2) is 11.1. The van der Waals surface area contributed by atoms with Crippen LogP contribution in [0.4, 0.5) is 0 Å². The Hall–Kier alpha value is -3.47. The molecule has 2 aliphatic rings. The van der Waals surface area contributed by atoms with Crippen molar-refractivity contribution in [3.05, 3.63) is 59.2 Å². The predicted octanol–water partition coefficient (Wildman–Crippen LogP) is 5.53. The van der Waals surface area contributed by atoms with E-state index in [-0.39, 0.29) is 11.7 Å². The van der Waals surface area contributed by atoms with E-state index in [1.54, 1.807) is 6.07 Å². The molecule has 2 fully saturated rings. The maximum atomic E-state index is 13.9. The predicted molar refractivity (Wildman–Crippen MR) is 157 cm³/mol. The molecule has 1 unspecified atom stereocenters. The highest BCUT2D eigenvalue weighted by Gasteiger charge is 2.30. The first-order valence-electron chi connectivity index (χ1n) is 14.2. The molecule has 9 nitrogen and oxygen atoms in total. The summed E-state index contributed by atoms with van der Waals surface area (Å²) < 4.78 is 48.1. The molecule has 4 heterocycles. The number of para-hydroxylation sites is 1. The van der Waals surface area contributed by atoms with E-state index >= 15 is 0 Å². The lowest BCUT2D eigenvalue weighted by Crippen LogP contribution is -2.42. The summed E-state index contributed by atoms with van der Waals surface area (Å²) >= 11 is 0. The van der Waals surface area contributed by atoms with Crippen LogP contribution in [0.1, 0.15) is 54.1 Å². The largest absolute Gasteiger partial charge is 0.490 e. The highest BCUT2D eigenvalue weighted by Crippen LogP contribution is 2.38. The Morgan fingerprint density at radius 3 is 2.56 bits per heavy atom. The topological polar surface area (TPSA) is 111 Å². The van der Waals surface area contributed by atoms with Gasteiger partial charge in [0.25, 0.3) is 5.91 Å². The molecule has 1 N–H and O–H groups in total. The number of hydrogen-bond donors (Lipinski definition) is 1. The number of ether oxygens (including phenoxy) is 2. The second-order valence-electron chi connectivity index (χ2n) is 11.0. The second-order valence-corrected chi connectivity index (χ2v) is 12.7. The van der Waals surface area contributed by atoms with E-state index in [0.29, 0.717) is 65.9 Å². The van der Waals surface area contributed by atoms with E-state index in [4.69, 9.17) is 18.9 Å². The first kappa shape index (κ1) is 27.7. The van der Waals surface area contributed by atoms with Crippen molar-refractivity contribution in [1.82, 2.24) is 14.0 Å². The highest BCUT2D eigenvalue weighted by atomic mass is 32.2. The van der Waals surface area contributed by atoms with Crippen molar-refractivity contribution < 1.29 is 27.1 Å². The molecule has 2 aromatic carbocycles. The molecule has 41 heavy (non-hydrogen) atoms. The number of amides is 1. The van der Waals surface area contributed by atoms with Gasteiger partial charge >= 0.3 is 10.2 Å². The van der Waals surface area contributed by atoms with Gasteiger partial charge in [-0.05, 0) is 76.1 Å². The molecule has 1 amide bonds. The molecule has 2 saturated heterocycles. The van der Waals surface area contributed by atoms with Crippen LogP contribution in [0, 0.1) is 19.8 Å². The lowest BCUT2D eigenvalue weighted by atomic mass is 9.94. The molecule has 0 spiro atoms. The van der Waals surface area contributed by atoms with Crippen LogP contribution in [-0.2, 0) is 14.9 Å². The summed E-state index contributed by atoms with van der Waals surface area (Å²) in [5.41, 5.74) is 3.62. The first-order chi connectivity index (χ1) is 19.7. The zero-order valence-electron chi connectivity index (χ0n) is 23.6. The molecule has 10 heteroatoms. The molecule has 216 valence electrons. The van der Waals surface area contributed by atoms with Crippen molar-refractivity contribution >= 4 is 38.0 Å². The Morgan fingerprint density at radius 1 is 1.10 bits per heavy atom. The van der Waals surface area contributed by atoms with Crippen LogP contribution in [-0.4, -0.2) is 56.0 Å². The summed E-state index contributed by atoms with van der Waals surface area (Å²) in [6, 6.07) is 13.1. The van der Waals surface area contributed by atoms with Crippen LogP contribution >= 0.6 is 0 Å². The van der Waals surface area contributed by atoms with Gasteiger partial charge in [-0.3, -0.25) is 4.79 Å². The lowest BCUT2D eigenvalue weighted by Gasteiger charge is -2.29. The van der Waals surface area contributed by atoms with Gasteiger partial charge in [-0.25, -0.2) is 9.71 Å². The van der Waals surface area contributed by atoms with Crippen molar-refractivity contribution in [3.63, 3.8) is 0 Å². The number of aryl methyl sites for hydroxylation is 2. The molecule has 0 radical (unpaired) electrons. The Kier molecular flexibility index (Phi) is 7.48. The van der Waals surface area contributed by atoms with Crippen molar-refractivity contribution in [3.8, 4) is 17.2 Å². The van der Waals surface area contributed by atoms with E-state index in [1.807, 2.05) is 57.2 Å². The number of rotatable bonds is 7. The average Bonchev–Trinajstić information content (AvgIpc) is 3.64. The van der Waals surface area contributed by atoms with Gasteiger partial charge in [0.05, 0.1) is 22.6 Å². The van der Waals surface area contributed by atoms with Gasteiger partial charge in [-0.2, -0.15) is 12.7 Å². The third kappa shape index (κ3) is 5.31. The van der Waals surface area contributed by atoms with Gasteiger partial charge < -0.3 is 13.9 Å². The van der Waals surface area contributed by atoms with E-state index in [1.165, 1.54) is 4.31 Å². The first-order valence-corrected chi connectivity index (χ1v) is 15.7. The molecule has 0 aliphatic carbocycles. The average molecular weight is 578 g/mol. The van der Waals surface area contributed by atoms with Gasteiger partial charge in [-0.1, -0.05) is 24.3 Å². The highest BCUT2D eigenvalue weighted by molar-refractivity contribution is 7.87. The Balaban J connectivity index is 1.50. The van der Waals surface area contributed by atoms with Crippen LogP contribution in [0.3, 0.4) is 0 Å². The van der Waals surface area contributed by atoms with Crippen molar-refractivity contribution in [2.24, 2.45) is 5.92 Å². The minimum atomic E-state index is -4.01. The SMILES string of the molecule is Cc1c(-c2cc(C(=O)NS(=O)(=O)N3CCCC3)c3c(OC(C)C4CCOCC4)ccc(C)c3n2)oc2ccccc12. The number of pyridine rings is 1. The fourth-order valence-electron chi connectivity index (χ4n) is 5.90. The molecular formula is C31H35N3O6S. The van der Waals surface area contributed by atoms with E-state index in [0.717, 1.165) is 42.2 Å². The number of fused-ring (bicyclic) bond motifs is 2. The molecule has 1 atom stereocenters. The standard InChI is InChI=1S/C31H35N3O6S/c1-19-10-11-27(39-21(3)22-12-16-38-17-13-22)28-24(31(35)33-41(36,37)34-14-6-7-15-34)18-25(32-29(19)28)30-20(2)23-8-4-5-9-26(23)40-30/h4-5,8-11,18,21-22H,6-7,12-17H2,1-3H3,(H,33,35). The summed E-state index contributed by atoms with van der Waals surface area (Å²) in [6.45, 7) is 8.05. The molecule has 0 bridgehead atoms. The Labute approximate surface area is 240 Å². The number of nitrogens with zero attached hydrogens (tertiary/aromatic N) is 2. The van der Waals surface area contributed by atoms with Gasteiger partial charge in [0, 0.05) is 37.3 Å². The van der Waals surface area contributed by atoms with Crippen LogP contribution in [0.2, 0.25) is 0 Å². The maximum Gasteiger partial charge on any atom is 0.304 e. The number of carbonyl (C=O) groups excluding carboxylic acids is 1. The summed E-state index contributed by atoms with van der Waals surface area (Å²) in [6.07, 6.45) is 3.18. The summed E-state index contributed by atoms with van der Waals surface area (Å²) in [7, 11) is -4.01. The van der Waals surface area contributed by atoms with E-state index in [2.05, 4.69) is 4.72 Å². The Bertz CT molecular complexity index is 1720. The van der Waals surface area contributed by atoms with Gasteiger partial charge in [0.1, 0.15) is 17.0 Å². The van der Waals surface area contributed by atoms with Gasteiger partial charge in [0.2, 0.25) is 0 Å². The smallest absolute Gasteiger partial charge is 0.304 e. The van der Waals surface area contributed by atoms with Crippen molar-refractivity contribution in [1.29, 1.82) is 0 Å². The fourth-order valence-corrected chi connectivity index (χ4v) is 7.11. The van der Waals surface area contributed by atoms with E-state index in [9.17, 15) is 13.2 Å². The number of nitrogens with one attached hydrogen (secondary N) is 1. The number of carbonyl (C=O) groups is 1. The third-order valence-corrected chi connectivity index (χ3v) is 9.80. The number of benzene rings is 2. The molecular weight excluding hydrogens is 542 g/mol. The van der Waals surface area contributed by atoms with Gasteiger partial charge in [0.15, 0.2) is 5.76 Å². The zero-order valence-corrected chi connectivity index (χ0v) is 24.4. The maximum absolute atomic E-state index is 13.9.